The summed E-state index contributed by atoms with van der Waals surface area (Å²) >= 11 is 1.38. The first-order valence-electron chi connectivity index (χ1n) is 13.3. The van der Waals surface area contributed by atoms with Crippen LogP contribution in [0.4, 0.5) is 8.78 Å². The molecule has 6 rings (SSSR count). The minimum Gasteiger partial charge on any atom is -0.490 e. The predicted octanol–water partition coefficient (Wildman–Crippen LogP) is 5.33. The highest BCUT2D eigenvalue weighted by molar-refractivity contribution is 7.18. The third kappa shape index (κ3) is 4.72. The van der Waals surface area contributed by atoms with E-state index in [1.54, 1.807) is 11.1 Å². The highest BCUT2D eigenvalue weighted by Crippen LogP contribution is 2.47. The SMILES string of the molecule is C=CC(=O)N1CCn2nc(-c3nc(-c4cnnc(C)c4)c4ccsc4c3-c3c(F)cc(F)cc3OCCO)cc2C1C. The van der Waals surface area contributed by atoms with Crippen LogP contribution in [0.5, 0.6) is 5.75 Å². The van der Waals surface area contributed by atoms with Crippen molar-refractivity contribution in [3.05, 3.63) is 77.6 Å². The van der Waals surface area contributed by atoms with Crippen molar-refractivity contribution in [2.45, 2.75) is 26.4 Å². The van der Waals surface area contributed by atoms with Gasteiger partial charge in [-0.1, -0.05) is 6.58 Å². The summed E-state index contributed by atoms with van der Waals surface area (Å²) in [6, 6.07) is 7.20. The van der Waals surface area contributed by atoms with Crippen molar-refractivity contribution in [1.29, 1.82) is 0 Å². The van der Waals surface area contributed by atoms with E-state index in [-0.39, 0.29) is 36.5 Å². The lowest BCUT2D eigenvalue weighted by molar-refractivity contribution is -0.129. The Morgan fingerprint density at radius 1 is 1.21 bits per heavy atom. The van der Waals surface area contributed by atoms with Gasteiger partial charge in [0, 0.05) is 39.9 Å². The molecule has 12 heteroatoms. The number of pyridine rings is 1. The number of benzene rings is 1. The van der Waals surface area contributed by atoms with Crippen LogP contribution in [-0.2, 0) is 11.3 Å². The molecule has 0 bridgehead atoms. The van der Waals surface area contributed by atoms with Gasteiger partial charge >= 0.3 is 0 Å². The van der Waals surface area contributed by atoms with Gasteiger partial charge in [0.15, 0.2) is 0 Å². The zero-order chi connectivity index (χ0) is 29.5. The molecule has 0 radical (unpaired) electrons. The number of rotatable bonds is 7. The van der Waals surface area contributed by atoms with Gasteiger partial charge in [0.05, 0.1) is 48.0 Å². The Balaban J connectivity index is 1.65. The van der Waals surface area contributed by atoms with Crippen molar-refractivity contribution in [3.63, 3.8) is 0 Å². The number of amides is 1. The second kappa shape index (κ2) is 11.0. The van der Waals surface area contributed by atoms with E-state index in [1.807, 2.05) is 42.1 Å². The lowest BCUT2D eigenvalue weighted by Gasteiger charge is -2.33. The Morgan fingerprint density at radius 3 is 2.81 bits per heavy atom. The van der Waals surface area contributed by atoms with Crippen LogP contribution in [0.3, 0.4) is 0 Å². The highest BCUT2D eigenvalue weighted by Gasteiger charge is 2.31. The molecule has 1 N–H and O–H groups in total. The predicted molar refractivity (Wildman–Crippen MR) is 155 cm³/mol. The first-order valence-corrected chi connectivity index (χ1v) is 14.1. The van der Waals surface area contributed by atoms with Crippen molar-refractivity contribution in [1.82, 2.24) is 29.9 Å². The highest BCUT2D eigenvalue weighted by atomic mass is 32.1. The summed E-state index contributed by atoms with van der Waals surface area (Å²) in [5, 5.41) is 25.0. The Hall–Kier alpha value is -4.55. The molecule has 1 unspecified atom stereocenters. The maximum atomic E-state index is 15.8. The lowest BCUT2D eigenvalue weighted by Crippen LogP contribution is -2.40. The number of hydrogen-bond acceptors (Lipinski definition) is 8. The number of hydrogen-bond donors (Lipinski definition) is 1. The number of carbonyl (C=O) groups excluding carboxylic acids is 1. The van der Waals surface area contributed by atoms with Crippen molar-refractivity contribution < 1.29 is 23.4 Å². The standard InChI is InChI=1S/C30H26F2N6O3S/c1-4-25(40)37-6-7-38-23(17(37)3)14-22(36-38)29-27(26-21(32)12-19(31)13-24(26)41-9-8-39)30-20(5-10-42-30)28(34-29)18-11-16(2)35-33-15-18/h4-5,10-15,17,39H,1,6-9H2,2-3H3. The second-order valence-corrected chi connectivity index (χ2v) is 10.8. The van der Waals surface area contributed by atoms with Gasteiger partial charge in [0.2, 0.25) is 5.91 Å². The Kier molecular flexibility index (Phi) is 7.25. The maximum Gasteiger partial charge on any atom is 0.246 e. The first-order chi connectivity index (χ1) is 20.3. The fourth-order valence-corrected chi connectivity index (χ4v) is 6.31. The van der Waals surface area contributed by atoms with Crippen LogP contribution in [-0.4, -0.2) is 60.6 Å². The normalized spacial score (nSPS) is 14.7. The van der Waals surface area contributed by atoms with Crippen LogP contribution in [0.1, 0.15) is 24.4 Å². The van der Waals surface area contributed by atoms with Gasteiger partial charge < -0.3 is 14.7 Å². The number of aliphatic hydroxyl groups is 1. The van der Waals surface area contributed by atoms with Crippen LogP contribution >= 0.6 is 11.3 Å². The van der Waals surface area contributed by atoms with Crippen molar-refractivity contribution in [3.8, 4) is 39.5 Å². The van der Waals surface area contributed by atoms with Crippen LogP contribution in [0.2, 0.25) is 0 Å². The van der Waals surface area contributed by atoms with E-state index >= 15 is 4.39 Å². The summed E-state index contributed by atoms with van der Waals surface area (Å²) < 4.78 is 38.4. The molecule has 0 fully saturated rings. The number of halogens is 2. The topological polar surface area (TPSA) is 106 Å². The largest absolute Gasteiger partial charge is 0.490 e. The fourth-order valence-electron chi connectivity index (χ4n) is 5.36. The summed E-state index contributed by atoms with van der Waals surface area (Å²) in [5.74, 6) is -1.89. The average molecular weight is 589 g/mol. The molecule has 9 nitrogen and oxygen atoms in total. The van der Waals surface area contributed by atoms with Gasteiger partial charge in [-0.15, -0.1) is 11.3 Å². The van der Waals surface area contributed by atoms with Crippen LogP contribution in [0, 0.1) is 18.6 Å². The quantitative estimate of drug-likeness (QED) is 0.256. The third-order valence-electron chi connectivity index (χ3n) is 7.24. The number of nitrogens with zero attached hydrogens (tertiary/aromatic N) is 6. The molecule has 42 heavy (non-hydrogen) atoms. The fraction of sp³-hybridized carbons (Fsp3) is 0.233. The van der Waals surface area contributed by atoms with Crippen molar-refractivity contribution >= 4 is 27.3 Å². The Bertz CT molecular complexity index is 1850. The van der Waals surface area contributed by atoms with Crippen molar-refractivity contribution in [2.24, 2.45) is 0 Å². The zero-order valence-corrected chi connectivity index (χ0v) is 23.7. The lowest BCUT2D eigenvalue weighted by atomic mass is 9.96. The molecule has 1 amide bonds. The Labute approximate surface area is 243 Å². The van der Waals surface area contributed by atoms with Crippen LogP contribution in [0.15, 0.2) is 54.6 Å². The average Bonchev–Trinajstić information content (AvgIpc) is 3.63. The molecule has 0 spiro atoms. The number of thiophene rings is 1. The Morgan fingerprint density at radius 2 is 2.05 bits per heavy atom. The molecule has 1 aromatic carbocycles. The summed E-state index contributed by atoms with van der Waals surface area (Å²) in [7, 11) is 0. The maximum absolute atomic E-state index is 15.8. The summed E-state index contributed by atoms with van der Waals surface area (Å²) in [6.45, 7) is 7.76. The zero-order valence-electron chi connectivity index (χ0n) is 22.8. The van der Waals surface area contributed by atoms with Crippen LogP contribution < -0.4 is 4.74 Å². The molecular formula is C30H26F2N6O3S. The number of ether oxygens (including phenoxy) is 1. The number of fused-ring (bicyclic) bond motifs is 2. The summed E-state index contributed by atoms with van der Waals surface area (Å²) in [6.07, 6.45) is 2.90. The molecular weight excluding hydrogens is 562 g/mol. The second-order valence-electron chi connectivity index (χ2n) is 9.86. The van der Waals surface area contributed by atoms with E-state index in [4.69, 9.17) is 14.8 Å². The van der Waals surface area contributed by atoms with Gasteiger partial charge in [0.1, 0.15) is 35.4 Å². The molecule has 1 atom stereocenters. The third-order valence-corrected chi connectivity index (χ3v) is 8.17. The van der Waals surface area contributed by atoms with Gasteiger partial charge in [-0.05, 0) is 43.5 Å². The van der Waals surface area contributed by atoms with E-state index in [9.17, 15) is 14.3 Å². The molecule has 0 saturated heterocycles. The smallest absolute Gasteiger partial charge is 0.246 e. The minimum absolute atomic E-state index is 0.0119. The summed E-state index contributed by atoms with van der Waals surface area (Å²) in [4.78, 5) is 19.3. The number of aromatic nitrogens is 5. The monoisotopic (exact) mass is 588 g/mol. The first kappa shape index (κ1) is 27.6. The van der Waals surface area contributed by atoms with Crippen LogP contribution in [0.25, 0.3) is 43.9 Å². The van der Waals surface area contributed by atoms with E-state index in [0.717, 1.165) is 28.8 Å². The van der Waals surface area contributed by atoms with E-state index < -0.39 is 11.6 Å². The van der Waals surface area contributed by atoms with E-state index in [2.05, 4.69) is 16.8 Å². The molecule has 0 saturated carbocycles. The molecule has 1 aliphatic rings. The number of aliphatic hydroxyl groups excluding tert-OH is 1. The van der Waals surface area contributed by atoms with E-state index in [0.29, 0.717) is 46.1 Å². The molecule has 4 aromatic heterocycles. The number of carbonyl (C=O) groups is 1. The molecule has 5 aromatic rings. The number of aryl methyl sites for hydroxylation is 1. The van der Waals surface area contributed by atoms with Gasteiger partial charge in [-0.2, -0.15) is 15.3 Å². The van der Waals surface area contributed by atoms with Gasteiger partial charge in [-0.25, -0.2) is 13.8 Å². The minimum atomic E-state index is -0.838. The molecule has 1 aliphatic heterocycles. The van der Waals surface area contributed by atoms with Crippen molar-refractivity contribution in [2.75, 3.05) is 19.8 Å². The van der Waals surface area contributed by atoms with E-state index in [1.165, 1.54) is 17.4 Å². The van der Waals surface area contributed by atoms with Gasteiger partial charge in [-0.3, -0.25) is 9.48 Å². The molecule has 0 aliphatic carbocycles. The summed E-state index contributed by atoms with van der Waals surface area (Å²) in [5.41, 5.74) is 4.00. The van der Waals surface area contributed by atoms with Gasteiger partial charge in [0.25, 0.3) is 0 Å². The molecule has 214 valence electrons. The molecule has 5 heterocycles.